The summed E-state index contributed by atoms with van der Waals surface area (Å²) in [5, 5.41) is 3.70. The van der Waals surface area contributed by atoms with Crippen molar-refractivity contribution in [3.8, 4) is 0 Å². The summed E-state index contributed by atoms with van der Waals surface area (Å²) in [6.07, 6.45) is 5.32. The van der Waals surface area contributed by atoms with Gasteiger partial charge in [-0.3, -0.25) is 0 Å². The number of rotatable bonds is 2. The maximum absolute atomic E-state index is 5.93. The van der Waals surface area contributed by atoms with Crippen LogP contribution in [-0.2, 0) is 4.74 Å². The number of hydrogen-bond donors (Lipinski definition) is 1. The van der Waals surface area contributed by atoms with Gasteiger partial charge in [0, 0.05) is 19.0 Å². The maximum atomic E-state index is 5.93. The lowest BCUT2D eigenvalue weighted by Crippen LogP contribution is -2.43. The van der Waals surface area contributed by atoms with Crippen molar-refractivity contribution >= 4 is 17.4 Å². The molecule has 1 fully saturated rings. The fraction of sp³-hybridized carbons (Fsp3) is 0.600. The molecule has 0 radical (unpaired) electrons. The molecule has 0 saturated carbocycles. The van der Waals surface area contributed by atoms with Crippen molar-refractivity contribution in [1.82, 2.24) is 9.97 Å². The Bertz CT molecular complexity index is 339. The third-order valence-corrected chi connectivity index (χ3v) is 2.79. The first-order valence-corrected chi connectivity index (χ1v) is 5.40. The lowest BCUT2D eigenvalue weighted by Gasteiger charge is -2.34. The second kappa shape index (κ2) is 4.33. The molecule has 2 rings (SSSR count). The molecule has 0 aliphatic carbocycles. The molecule has 1 atom stereocenters. The molecule has 1 aliphatic heterocycles. The van der Waals surface area contributed by atoms with Gasteiger partial charge in [0.2, 0.25) is 0 Å². The van der Waals surface area contributed by atoms with Gasteiger partial charge in [0.25, 0.3) is 0 Å². The van der Waals surface area contributed by atoms with E-state index in [1.165, 1.54) is 0 Å². The van der Waals surface area contributed by atoms with Crippen molar-refractivity contribution in [1.29, 1.82) is 0 Å². The molecule has 2 heterocycles. The minimum absolute atomic E-state index is 0.0854. The van der Waals surface area contributed by atoms with Crippen LogP contribution >= 0.6 is 11.6 Å². The van der Waals surface area contributed by atoms with E-state index in [2.05, 4.69) is 22.2 Å². The molecule has 1 aliphatic rings. The average Bonchev–Trinajstić information content (AvgIpc) is 2.22. The Morgan fingerprint density at radius 2 is 2.27 bits per heavy atom. The van der Waals surface area contributed by atoms with Crippen LogP contribution in [0.3, 0.4) is 0 Å². The van der Waals surface area contributed by atoms with E-state index in [9.17, 15) is 0 Å². The van der Waals surface area contributed by atoms with Crippen LogP contribution < -0.4 is 5.32 Å². The topological polar surface area (TPSA) is 47.0 Å². The van der Waals surface area contributed by atoms with Crippen molar-refractivity contribution in [3.63, 3.8) is 0 Å². The van der Waals surface area contributed by atoms with Crippen LogP contribution in [0.5, 0.6) is 0 Å². The van der Waals surface area contributed by atoms with Gasteiger partial charge in [-0.2, -0.15) is 0 Å². The van der Waals surface area contributed by atoms with E-state index in [4.69, 9.17) is 16.3 Å². The lowest BCUT2D eigenvalue weighted by atomic mass is 9.95. The molecule has 82 valence electrons. The summed E-state index contributed by atoms with van der Waals surface area (Å²) < 4.78 is 5.44. The second-order valence-corrected chi connectivity index (χ2v) is 4.40. The number of anilines is 1. The number of halogens is 1. The predicted molar refractivity (Wildman–Crippen MR) is 59.1 cm³/mol. The first-order chi connectivity index (χ1) is 7.20. The van der Waals surface area contributed by atoms with Crippen molar-refractivity contribution in [2.45, 2.75) is 25.3 Å². The van der Waals surface area contributed by atoms with Gasteiger partial charge >= 0.3 is 0 Å². The highest BCUT2D eigenvalue weighted by atomic mass is 35.5. The monoisotopic (exact) mass is 227 g/mol. The zero-order valence-electron chi connectivity index (χ0n) is 8.66. The number of hydrogen-bond acceptors (Lipinski definition) is 4. The molecule has 1 aromatic rings. The van der Waals surface area contributed by atoms with Crippen LogP contribution in [0.25, 0.3) is 0 Å². The standard InChI is InChI=1S/C10H14ClN3O/c1-10(3-2-6-15-7-10)14-9-8(11)12-4-5-13-9/h4-5H,2-3,6-7H2,1H3,(H,13,14). The maximum Gasteiger partial charge on any atom is 0.171 e. The van der Waals surface area contributed by atoms with E-state index in [0.717, 1.165) is 19.4 Å². The molecule has 1 unspecified atom stereocenters. The summed E-state index contributed by atoms with van der Waals surface area (Å²) in [7, 11) is 0. The average molecular weight is 228 g/mol. The van der Waals surface area contributed by atoms with E-state index in [1.807, 2.05) is 0 Å². The number of nitrogens with one attached hydrogen (secondary N) is 1. The van der Waals surface area contributed by atoms with Crippen molar-refractivity contribution in [3.05, 3.63) is 17.5 Å². The van der Waals surface area contributed by atoms with Gasteiger partial charge < -0.3 is 10.1 Å². The van der Waals surface area contributed by atoms with E-state index in [-0.39, 0.29) is 5.54 Å². The quantitative estimate of drug-likeness (QED) is 0.841. The van der Waals surface area contributed by atoms with E-state index >= 15 is 0 Å². The molecule has 1 N–H and O–H groups in total. The van der Waals surface area contributed by atoms with Crippen molar-refractivity contribution < 1.29 is 4.74 Å². The Kier molecular flexibility index (Phi) is 3.07. The van der Waals surface area contributed by atoms with E-state index < -0.39 is 0 Å². The highest BCUT2D eigenvalue weighted by molar-refractivity contribution is 6.31. The molecule has 0 amide bonds. The third kappa shape index (κ3) is 2.58. The van der Waals surface area contributed by atoms with E-state index in [1.54, 1.807) is 12.4 Å². The fourth-order valence-electron chi connectivity index (χ4n) is 1.72. The number of aromatic nitrogens is 2. The summed E-state index contributed by atoms with van der Waals surface area (Å²) >= 11 is 5.93. The van der Waals surface area contributed by atoms with Crippen molar-refractivity contribution in [2.75, 3.05) is 18.5 Å². The molecule has 4 nitrogen and oxygen atoms in total. The molecule has 1 aromatic heterocycles. The molecular formula is C10H14ClN3O. The molecular weight excluding hydrogens is 214 g/mol. The Morgan fingerprint density at radius 1 is 1.47 bits per heavy atom. The molecule has 0 spiro atoms. The van der Waals surface area contributed by atoms with Crippen LogP contribution in [0.15, 0.2) is 12.4 Å². The van der Waals surface area contributed by atoms with Crippen LogP contribution in [0.2, 0.25) is 5.15 Å². The molecule has 0 bridgehead atoms. The van der Waals surface area contributed by atoms with Gasteiger partial charge in [0.15, 0.2) is 11.0 Å². The van der Waals surface area contributed by atoms with Gasteiger partial charge in [-0.05, 0) is 19.8 Å². The lowest BCUT2D eigenvalue weighted by molar-refractivity contribution is 0.0539. The fourth-order valence-corrected chi connectivity index (χ4v) is 1.88. The molecule has 15 heavy (non-hydrogen) atoms. The zero-order valence-corrected chi connectivity index (χ0v) is 9.42. The number of ether oxygens (including phenoxy) is 1. The van der Waals surface area contributed by atoms with Gasteiger partial charge in [-0.25, -0.2) is 9.97 Å². The minimum atomic E-state index is -0.0854. The highest BCUT2D eigenvalue weighted by Crippen LogP contribution is 2.25. The normalized spacial score (nSPS) is 26.3. The number of nitrogens with zero attached hydrogens (tertiary/aromatic N) is 2. The van der Waals surface area contributed by atoms with E-state index in [0.29, 0.717) is 17.6 Å². The summed E-state index contributed by atoms with van der Waals surface area (Å²) in [5.74, 6) is 0.632. The zero-order chi connectivity index (χ0) is 10.7. The Labute approximate surface area is 94.0 Å². The summed E-state index contributed by atoms with van der Waals surface area (Å²) in [5.41, 5.74) is -0.0854. The van der Waals surface area contributed by atoms with Gasteiger partial charge in [-0.15, -0.1) is 0 Å². The van der Waals surface area contributed by atoms with Crippen LogP contribution in [0, 0.1) is 0 Å². The van der Waals surface area contributed by atoms with Gasteiger partial charge in [-0.1, -0.05) is 11.6 Å². The van der Waals surface area contributed by atoms with Crippen molar-refractivity contribution in [2.24, 2.45) is 0 Å². The first kappa shape index (κ1) is 10.6. The Balaban J connectivity index is 2.10. The smallest absolute Gasteiger partial charge is 0.171 e. The largest absolute Gasteiger partial charge is 0.379 e. The third-order valence-electron chi connectivity index (χ3n) is 2.51. The summed E-state index contributed by atoms with van der Waals surface area (Å²) in [4.78, 5) is 8.13. The van der Waals surface area contributed by atoms with Crippen LogP contribution in [-0.4, -0.2) is 28.7 Å². The summed E-state index contributed by atoms with van der Waals surface area (Å²) in [6, 6.07) is 0. The van der Waals surface area contributed by atoms with Crippen LogP contribution in [0.4, 0.5) is 5.82 Å². The first-order valence-electron chi connectivity index (χ1n) is 5.02. The predicted octanol–water partition coefficient (Wildman–Crippen LogP) is 2.11. The van der Waals surface area contributed by atoms with Gasteiger partial charge in [0.05, 0.1) is 12.1 Å². The molecule has 0 aromatic carbocycles. The molecule has 1 saturated heterocycles. The minimum Gasteiger partial charge on any atom is -0.379 e. The highest BCUT2D eigenvalue weighted by Gasteiger charge is 2.28. The van der Waals surface area contributed by atoms with Gasteiger partial charge in [0.1, 0.15) is 0 Å². The molecule has 5 heteroatoms. The SMILES string of the molecule is CC1(Nc2nccnc2Cl)CCCOC1. The van der Waals surface area contributed by atoms with Crippen LogP contribution in [0.1, 0.15) is 19.8 Å². The Morgan fingerprint density at radius 3 is 2.93 bits per heavy atom. The summed E-state index contributed by atoms with van der Waals surface area (Å²) in [6.45, 7) is 3.63. The Hall–Kier alpha value is -0.870. The second-order valence-electron chi connectivity index (χ2n) is 4.04.